The van der Waals surface area contributed by atoms with Gasteiger partial charge in [-0.05, 0) is 12.0 Å². The third-order valence-corrected chi connectivity index (χ3v) is 5.08. The van der Waals surface area contributed by atoms with E-state index in [0.29, 0.717) is 0 Å². The molecule has 4 heterocycles. The van der Waals surface area contributed by atoms with Gasteiger partial charge in [-0.25, -0.2) is 9.97 Å². The summed E-state index contributed by atoms with van der Waals surface area (Å²) in [7, 11) is 0. The fourth-order valence-electron chi connectivity index (χ4n) is 4.07. The Hall–Kier alpha value is -2.40. The molecule has 3 atom stereocenters. The number of benzene rings is 1. The molecule has 5 nitrogen and oxygen atoms in total. The SMILES string of the molecule is O[C@@H]1c2cncn2CC[C@@H]1C1c2ccccc2-c2cncn21. The molecule has 0 radical (unpaired) electrons. The molecule has 3 aromatic rings. The molecule has 1 N–H and O–H groups in total. The van der Waals surface area contributed by atoms with Gasteiger partial charge in [0, 0.05) is 18.0 Å². The standard InChI is InChI=1S/C17H16N4O/c22-17-13(5-6-20-9-18-8-15(17)20)16-12-4-2-1-3-11(12)14-7-19-10-21(14)16/h1-4,7-10,13,16-17,22H,5-6H2/t13-,16?,17+/m1/s1. The van der Waals surface area contributed by atoms with E-state index in [2.05, 4.69) is 43.4 Å². The number of nitrogens with zero attached hydrogens (tertiary/aromatic N) is 4. The normalized spacial score (nSPS) is 25.6. The predicted molar refractivity (Wildman–Crippen MR) is 81.1 cm³/mol. The van der Waals surface area contributed by atoms with Crippen LogP contribution in [0.25, 0.3) is 11.3 Å². The number of fused-ring (bicyclic) bond motifs is 4. The number of aliphatic hydroxyl groups excluding tert-OH is 1. The van der Waals surface area contributed by atoms with Crippen LogP contribution in [0.2, 0.25) is 0 Å². The van der Waals surface area contributed by atoms with Gasteiger partial charge in [0.25, 0.3) is 0 Å². The molecular weight excluding hydrogens is 276 g/mol. The van der Waals surface area contributed by atoms with Gasteiger partial charge in [-0.3, -0.25) is 0 Å². The van der Waals surface area contributed by atoms with Crippen molar-refractivity contribution >= 4 is 0 Å². The van der Waals surface area contributed by atoms with Crippen LogP contribution < -0.4 is 0 Å². The molecule has 0 saturated heterocycles. The molecule has 0 amide bonds. The van der Waals surface area contributed by atoms with Crippen molar-refractivity contribution in [2.45, 2.75) is 25.1 Å². The molecule has 0 aliphatic carbocycles. The average Bonchev–Trinajstić information content (AvgIpc) is 3.23. The Balaban J connectivity index is 1.65. The molecule has 0 saturated carbocycles. The summed E-state index contributed by atoms with van der Waals surface area (Å²) in [6.45, 7) is 0.903. The maximum atomic E-state index is 10.9. The molecule has 0 bridgehead atoms. The molecular formula is C17H16N4O. The van der Waals surface area contributed by atoms with E-state index in [1.807, 2.05) is 12.5 Å². The van der Waals surface area contributed by atoms with Gasteiger partial charge >= 0.3 is 0 Å². The lowest BCUT2D eigenvalue weighted by Gasteiger charge is -2.34. The van der Waals surface area contributed by atoms with E-state index in [4.69, 9.17) is 0 Å². The number of imidazole rings is 2. The number of aliphatic hydroxyl groups is 1. The molecule has 2 aliphatic heterocycles. The van der Waals surface area contributed by atoms with Crippen LogP contribution in [0.3, 0.4) is 0 Å². The number of aromatic nitrogens is 4. The largest absolute Gasteiger partial charge is 0.386 e. The zero-order valence-electron chi connectivity index (χ0n) is 12.0. The molecule has 0 fully saturated rings. The van der Waals surface area contributed by atoms with Crippen molar-refractivity contribution in [2.24, 2.45) is 5.92 Å². The minimum Gasteiger partial charge on any atom is -0.386 e. The minimum atomic E-state index is -0.498. The molecule has 2 aliphatic rings. The second kappa shape index (κ2) is 4.30. The molecule has 1 unspecified atom stereocenters. The van der Waals surface area contributed by atoms with Gasteiger partial charge in [0.2, 0.25) is 0 Å². The summed E-state index contributed by atoms with van der Waals surface area (Å²) in [6, 6.07) is 8.59. The third kappa shape index (κ3) is 1.46. The fraction of sp³-hybridized carbons (Fsp3) is 0.294. The third-order valence-electron chi connectivity index (χ3n) is 5.08. The second-order valence-corrected chi connectivity index (χ2v) is 6.13. The summed E-state index contributed by atoms with van der Waals surface area (Å²) in [5.74, 6) is 0.140. The van der Waals surface area contributed by atoms with E-state index in [-0.39, 0.29) is 12.0 Å². The van der Waals surface area contributed by atoms with Gasteiger partial charge in [-0.2, -0.15) is 0 Å². The Labute approximate surface area is 127 Å². The summed E-state index contributed by atoms with van der Waals surface area (Å²) < 4.78 is 4.27. The van der Waals surface area contributed by atoms with E-state index in [0.717, 1.165) is 24.4 Å². The van der Waals surface area contributed by atoms with Crippen molar-refractivity contribution in [3.63, 3.8) is 0 Å². The predicted octanol–water partition coefficient (Wildman–Crippen LogP) is 2.40. The highest BCUT2D eigenvalue weighted by Crippen LogP contribution is 2.48. The Morgan fingerprint density at radius 3 is 2.91 bits per heavy atom. The zero-order chi connectivity index (χ0) is 14.7. The number of rotatable bonds is 1. The average molecular weight is 292 g/mol. The van der Waals surface area contributed by atoms with E-state index in [1.54, 1.807) is 12.5 Å². The van der Waals surface area contributed by atoms with E-state index >= 15 is 0 Å². The highest BCUT2D eigenvalue weighted by molar-refractivity contribution is 5.69. The van der Waals surface area contributed by atoms with Crippen LogP contribution in [0.1, 0.15) is 29.8 Å². The van der Waals surface area contributed by atoms with Crippen LogP contribution in [0.5, 0.6) is 0 Å². The van der Waals surface area contributed by atoms with Crippen LogP contribution in [0, 0.1) is 5.92 Å². The molecule has 22 heavy (non-hydrogen) atoms. The quantitative estimate of drug-likeness (QED) is 0.749. The smallest absolute Gasteiger partial charge is 0.101 e. The number of hydrogen-bond acceptors (Lipinski definition) is 3. The monoisotopic (exact) mass is 292 g/mol. The summed E-state index contributed by atoms with van der Waals surface area (Å²) in [5.41, 5.74) is 4.59. The Morgan fingerprint density at radius 2 is 1.95 bits per heavy atom. The van der Waals surface area contributed by atoms with Gasteiger partial charge in [0.15, 0.2) is 0 Å². The molecule has 5 heteroatoms. The first kappa shape index (κ1) is 12.2. The van der Waals surface area contributed by atoms with Crippen molar-refractivity contribution in [1.82, 2.24) is 19.1 Å². The molecule has 0 spiro atoms. The van der Waals surface area contributed by atoms with E-state index < -0.39 is 6.10 Å². The van der Waals surface area contributed by atoms with Crippen LogP contribution in [0.15, 0.2) is 49.3 Å². The Bertz CT molecular complexity index is 850. The van der Waals surface area contributed by atoms with Crippen molar-refractivity contribution in [3.05, 3.63) is 60.6 Å². The maximum absolute atomic E-state index is 10.9. The first-order valence-electron chi connectivity index (χ1n) is 7.64. The lowest BCUT2D eigenvalue weighted by molar-refractivity contribution is 0.0556. The second-order valence-electron chi connectivity index (χ2n) is 6.13. The lowest BCUT2D eigenvalue weighted by Crippen LogP contribution is -2.30. The molecule has 5 rings (SSSR count). The van der Waals surface area contributed by atoms with Crippen molar-refractivity contribution in [2.75, 3.05) is 0 Å². The summed E-state index contributed by atoms with van der Waals surface area (Å²) in [5, 5.41) is 10.9. The first-order valence-corrected chi connectivity index (χ1v) is 7.64. The summed E-state index contributed by atoms with van der Waals surface area (Å²) >= 11 is 0. The van der Waals surface area contributed by atoms with Crippen LogP contribution in [0.4, 0.5) is 0 Å². The Kier molecular flexibility index (Phi) is 2.38. The van der Waals surface area contributed by atoms with E-state index in [9.17, 15) is 5.11 Å². The van der Waals surface area contributed by atoms with Gasteiger partial charge in [-0.15, -0.1) is 0 Å². The van der Waals surface area contributed by atoms with E-state index in [1.165, 1.54) is 11.1 Å². The van der Waals surface area contributed by atoms with Gasteiger partial charge in [-0.1, -0.05) is 24.3 Å². The van der Waals surface area contributed by atoms with Gasteiger partial charge < -0.3 is 14.2 Å². The highest BCUT2D eigenvalue weighted by Gasteiger charge is 2.40. The molecule has 110 valence electrons. The summed E-state index contributed by atoms with van der Waals surface area (Å²) in [6.07, 6.45) is 7.83. The Morgan fingerprint density at radius 1 is 1.09 bits per heavy atom. The van der Waals surface area contributed by atoms with Crippen LogP contribution in [-0.2, 0) is 6.54 Å². The lowest BCUT2D eigenvalue weighted by atomic mass is 9.83. The maximum Gasteiger partial charge on any atom is 0.101 e. The topological polar surface area (TPSA) is 55.9 Å². The van der Waals surface area contributed by atoms with Crippen LogP contribution >= 0.6 is 0 Å². The molecule has 2 aromatic heterocycles. The fourth-order valence-corrected chi connectivity index (χ4v) is 4.07. The van der Waals surface area contributed by atoms with Crippen LogP contribution in [-0.4, -0.2) is 24.2 Å². The van der Waals surface area contributed by atoms with Crippen molar-refractivity contribution in [3.8, 4) is 11.3 Å². The van der Waals surface area contributed by atoms with Gasteiger partial charge in [0.05, 0.1) is 42.5 Å². The van der Waals surface area contributed by atoms with Gasteiger partial charge in [0.1, 0.15) is 6.10 Å². The molecule has 1 aromatic carbocycles. The van der Waals surface area contributed by atoms with Crippen molar-refractivity contribution in [1.29, 1.82) is 0 Å². The summed E-state index contributed by atoms with van der Waals surface area (Å²) in [4.78, 5) is 8.49. The van der Waals surface area contributed by atoms with Crippen molar-refractivity contribution < 1.29 is 5.11 Å². The minimum absolute atomic E-state index is 0.140. The first-order chi connectivity index (χ1) is 10.8. The zero-order valence-corrected chi connectivity index (χ0v) is 12.0. The highest BCUT2D eigenvalue weighted by atomic mass is 16.3. The number of hydrogen-bond donors (Lipinski definition) is 1. The number of aryl methyl sites for hydroxylation is 1.